The summed E-state index contributed by atoms with van der Waals surface area (Å²) in [6, 6.07) is 10.3. The number of nitrogens with two attached hydrogens (primary N) is 2. The van der Waals surface area contributed by atoms with Gasteiger partial charge in [0.15, 0.2) is 0 Å². The second-order valence-electron chi connectivity index (χ2n) is 3.24. The van der Waals surface area contributed by atoms with Crippen LogP contribution in [0.5, 0.6) is 0 Å². The first-order valence-electron chi connectivity index (χ1n) is 5.23. The molecule has 1 aromatic rings. The van der Waals surface area contributed by atoms with Crippen molar-refractivity contribution in [2.75, 3.05) is 6.54 Å². The molecule has 3 nitrogen and oxygen atoms in total. The Bertz CT molecular complexity index is 260. The number of rotatable bonds is 4. The van der Waals surface area contributed by atoms with E-state index < -0.39 is 0 Å². The lowest BCUT2D eigenvalue weighted by atomic mass is 10.2. The fourth-order valence-corrected chi connectivity index (χ4v) is 1.06. The average molecular weight is 208 g/mol. The summed E-state index contributed by atoms with van der Waals surface area (Å²) in [4.78, 5) is 9.82. The minimum absolute atomic E-state index is 0.211. The van der Waals surface area contributed by atoms with Crippen molar-refractivity contribution in [1.82, 2.24) is 0 Å². The van der Waals surface area contributed by atoms with Crippen molar-refractivity contribution in [1.29, 1.82) is 0 Å². The lowest BCUT2D eigenvalue weighted by Gasteiger charge is -1.93. The SMILES string of the molecule is CCCC(N)=O.NCCc1ccccc1. The Kier molecular flexibility index (Phi) is 8.39. The van der Waals surface area contributed by atoms with Crippen LogP contribution < -0.4 is 11.5 Å². The molecule has 84 valence electrons. The second kappa shape index (κ2) is 9.21. The van der Waals surface area contributed by atoms with Crippen LogP contribution in [0.15, 0.2) is 30.3 Å². The molecule has 0 aliphatic rings. The van der Waals surface area contributed by atoms with E-state index in [2.05, 4.69) is 12.1 Å². The maximum Gasteiger partial charge on any atom is 0.217 e. The standard InChI is InChI=1S/C8H11N.C4H9NO/c9-7-6-8-4-2-1-3-5-8;1-2-3-4(5)6/h1-5H,6-7,9H2;2-3H2,1H3,(H2,5,6). The number of hydrogen-bond acceptors (Lipinski definition) is 2. The van der Waals surface area contributed by atoms with Gasteiger partial charge in [0.05, 0.1) is 0 Å². The zero-order valence-corrected chi connectivity index (χ0v) is 9.28. The quantitative estimate of drug-likeness (QED) is 0.786. The largest absolute Gasteiger partial charge is 0.370 e. The molecule has 0 aliphatic carbocycles. The Morgan fingerprint density at radius 3 is 2.20 bits per heavy atom. The normalized spacial score (nSPS) is 8.93. The van der Waals surface area contributed by atoms with Crippen LogP contribution in [0.3, 0.4) is 0 Å². The molecule has 0 bridgehead atoms. The average Bonchev–Trinajstić information content (AvgIpc) is 2.20. The minimum Gasteiger partial charge on any atom is -0.370 e. The number of amides is 1. The molecule has 0 atom stereocenters. The highest BCUT2D eigenvalue weighted by molar-refractivity contribution is 5.73. The summed E-state index contributed by atoms with van der Waals surface area (Å²) in [5, 5.41) is 0. The van der Waals surface area contributed by atoms with Gasteiger partial charge in [-0.3, -0.25) is 4.79 Å². The van der Waals surface area contributed by atoms with E-state index >= 15 is 0 Å². The lowest BCUT2D eigenvalue weighted by Crippen LogP contribution is -2.08. The third kappa shape index (κ3) is 8.97. The Hall–Kier alpha value is -1.35. The summed E-state index contributed by atoms with van der Waals surface area (Å²) in [5.41, 5.74) is 11.4. The van der Waals surface area contributed by atoms with Crippen LogP contribution in [0.4, 0.5) is 0 Å². The molecule has 4 N–H and O–H groups in total. The third-order valence-electron chi connectivity index (χ3n) is 1.77. The molecule has 1 rings (SSSR count). The molecule has 3 heteroatoms. The van der Waals surface area contributed by atoms with Gasteiger partial charge < -0.3 is 11.5 Å². The molecule has 0 heterocycles. The molecule has 15 heavy (non-hydrogen) atoms. The van der Waals surface area contributed by atoms with Gasteiger partial charge in [-0.1, -0.05) is 37.3 Å². The zero-order chi connectivity index (χ0) is 11.5. The summed E-state index contributed by atoms with van der Waals surface area (Å²) < 4.78 is 0. The van der Waals surface area contributed by atoms with Crippen molar-refractivity contribution in [2.24, 2.45) is 11.5 Å². The maximum atomic E-state index is 9.82. The van der Waals surface area contributed by atoms with Crippen molar-refractivity contribution in [3.05, 3.63) is 35.9 Å². The number of primary amides is 1. The number of hydrogen-bond donors (Lipinski definition) is 2. The number of carbonyl (C=O) groups excluding carboxylic acids is 1. The van der Waals surface area contributed by atoms with Crippen LogP contribution in [0, 0.1) is 0 Å². The lowest BCUT2D eigenvalue weighted by molar-refractivity contribution is -0.118. The van der Waals surface area contributed by atoms with E-state index in [1.807, 2.05) is 25.1 Å². The topological polar surface area (TPSA) is 69.1 Å². The molecule has 0 unspecified atom stereocenters. The first-order valence-corrected chi connectivity index (χ1v) is 5.23. The highest BCUT2D eigenvalue weighted by Gasteiger charge is 1.85. The van der Waals surface area contributed by atoms with Crippen molar-refractivity contribution in [3.63, 3.8) is 0 Å². The summed E-state index contributed by atoms with van der Waals surface area (Å²) in [5.74, 6) is -0.211. The number of benzene rings is 1. The second-order valence-corrected chi connectivity index (χ2v) is 3.24. The molecule has 0 aromatic heterocycles. The minimum atomic E-state index is -0.211. The molecule has 0 radical (unpaired) electrons. The highest BCUT2D eigenvalue weighted by atomic mass is 16.1. The Morgan fingerprint density at radius 2 is 1.87 bits per heavy atom. The van der Waals surface area contributed by atoms with E-state index in [-0.39, 0.29) is 5.91 Å². The van der Waals surface area contributed by atoms with Gasteiger partial charge in [-0.2, -0.15) is 0 Å². The predicted molar refractivity (Wildman–Crippen MR) is 63.3 cm³/mol. The Balaban J connectivity index is 0.000000288. The van der Waals surface area contributed by atoms with Gasteiger partial charge in [-0.25, -0.2) is 0 Å². The molecular formula is C12H20N2O. The first kappa shape index (κ1) is 13.7. The molecule has 0 saturated carbocycles. The van der Waals surface area contributed by atoms with Crippen LogP contribution in [0.25, 0.3) is 0 Å². The van der Waals surface area contributed by atoms with Crippen LogP contribution in [-0.2, 0) is 11.2 Å². The van der Waals surface area contributed by atoms with Crippen molar-refractivity contribution in [3.8, 4) is 0 Å². The number of carbonyl (C=O) groups is 1. The van der Waals surface area contributed by atoms with E-state index in [1.165, 1.54) is 5.56 Å². The van der Waals surface area contributed by atoms with Gasteiger partial charge in [-0.05, 0) is 24.9 Å². The van der Waals surface area contributed by atoms with Crippen molar-refractivity contribution >= 4 is 5.91 Å². The van der Waals surface area contributed by atoms with Gasteiger partial charge in [0.2, 0.25) is 5.91 Å². The smallest absolute Gasteiger partial charge is 0.217 e. The van der Waals surface area contributed by atoms with Crippen LogP contribution >= 0.6 is 0 Å². The van der Waals surface area contributed by atoms with E-state index in [4.69, 9.17) is 11.5 Å². The van der Waals surface area contributed by atoms with Gasteiger partial charge in [0, 0.05) is 6.42 Å². The predicted octanol–water partition coefficient (Wildman–Crippen LogP) is 1.46. The van der Waals surface area contributed by atoms with Gasteiger partial charge in [0.25, 0.3) is 0 Å². The van der Waals surface area contributed by atoms with Crippen LogP contribution in [0.2, 0.25) is 0 Å². The fourth-order valence-electron chi connectivity index (χ4n) is 1.06. The maximum absolute atomic E-state index is 9.82. The summed E-state index contributed by atoms with van der Waals surface area (Å²) in [6.45, 7) is 2.66. The molecule has 0 fully saturated rings. The molecule has 0 spiro atoms. The summed E-state index contributed by atoms with van der Waals surface area (Å²) in [7, 11) is 0. The Labute approximate surface area is 91.5 Å². The molecule has 1 aromatic carbocycles. The van der Waals surface area contributed by atoms with Gasteiger partial charge in [-0.15, -0.1) is 0 Å². The third-order valence-corrected chi connectivity index (χ3v) is 1.77. The van der Waals surface area contributed by atoms with Crippen molar-refractivity contribution in [2.45, 2.75) is 26.2 Å². The molecule has 1 amide bonds. The first-order chi connectivity index (χ1) is 7.20. The monoisotopic (exact) mass is 208 g/mol. The van der Waals surface area contributed by atoms with Crippen LogP contribution in [0.1, 0.15) is 25.3 Å². The van der Waals surface area contributed by atoms with E-state index in [9.17, 15) is 4.79 Å². The van der Waals surface area contributed by atoms with E-state index in [0.29, 0.717) is 6.42 Å². The zero-order valence-electron chi connectivity index (χ0n) is 9.28. The van der Waals surface area contributed by atoms with Crippen molar-refractivity contribution < 1.29 is 4.79 Å². The van der Waals surface area contributed by atoms with E-state index in [0.717, 1.165) is 19.4 Å². The summed E-state index contributed by atoms with van der Waals surface area (Å²) >= 11 is 0. The summed E-state index contributed by atoms with van der Waals surface area (Å²) in [6.07, 6.45) is 2.36. The Morgan fingerprint density at radius 1 is 1.27 bits per heavy atom. The molecule has 0 aliphatic heterocycles. The molecule has 0 saturated heterocycles. The fraction of sp³-hybridized carbons (Fsp3) is 0.417. The van der Waals surface area contributed by atoms with Crippen LogP contribution in [-0.4, -0.2) is 12.5 Å². The molecular weight excluding hydrogens is 188 g/mol. The highest BCUT2D eigenvalue weighted by Crippen LogP contribution is 1.96. The van der Waals surface area contributed by atoms with Gasteiger partial charge >= 0.3 is 0 Å². The van der Waals surface area contributed by atoms with E-state index in [1.54, 1.807) is 0 Å². The van der Waals surface area contributed by atoms with Gasteiger partial charge in [0.1, 0.15) is 0 Å².